The average Bonchev–Trinajstić information content (AvgIpc) is 3.12. The second kappa shape index (κ2) is 7.84. The third-order valence-electron chi connectivity index (χ3n) is 6.71. The summed E-state index contributed by atoms with van der Waals surface area (Å²) in [6.07, 6.45) is 0. The smallest absolute Gasteiger partial charge is 0.123 e. The highest BCUT2D eigenvalue weighted by atomic mass is 19.1. The Morgan fingerprint density at radius 1 is 0.618 bits per heavy atom. The van der Waals surface area contributed by atoms with Crippen LogP contribution in [0.5, 0.6) is 0 Å². The predicted octanol–water partition coefficient (Wildman–Crippen LogP) is 9.18. The first-order valence-electron chi connectivity index (χ1n) is 12.0. The molecule has 1 aromatic heterocycles. The molecule has 0 fully saturated rings. The van der Waals surface area contributed by atoms with Crippen molar-refractivity contribution in [3.05, 3.63) is 102 Å². The van der Waals surface area contributed by atoms with Gasteiger partial charge in [0.05, 0.1) is 11.0 Å². The van der Waals surface area contributed by atoms with E-state index >= 15 is 0 Å². The van der Waals surface area contributed by atoms with Gasteiger partial charge in [0.15, 0.2) is 0 Å². The fraction of sp³-hybridized carbons (Fsp3) is 0.250. The molecule has 5 aromatic rings. The van der Waals surface area contributed by atoms with E-state index in [4.69, 9.17) is 0 Å². The first-order chi connectivity index (χ1) is 16.1. The van der Waals surface area contributed by atoms with Gasteiger partial charge in [-0.1, -0.05) is 90.1 Å². The lowest BCUT2D eigenvalue weighted by Crippen LogP contribution is -2.13. The molecule has 0 radical (unpaired) electrons. The topological polar surface area (TPSA) is 4.93 Å². The van der Waals surface area contributed by atoms with Crippen molar-refractivity contribution < 1.29 is 4.39 Å². The molecule has 0 N–H and O–H groups in total. The molecule has 5 rings (SSSR count). The molecule has 0 atom stereocenters. The maximum absolute atomic E-state index is 14.2. The number of halogens is 1. The van der Waals surface area contributed by atoms with Crippen LogP contribution in [0.15, 0.2) is 84.9 Å². The summed E-state index contributed by atoms with van der Waals surface area (Å²) < 4.78 is 16.6. The van der Waals surface area contributed by atoms with Crippen LogP contribution in [0.2, 0.25) is 0 Å². The van der Waals surface area contributed by atoms with Crippen LogP contribution < -0.4 is 0 Å². The zero-order valence-corrected chi connectivity index (χ0v) is 20.9. The second-order valence-corrected chi connectivity index (χ2v) is 11.3. The van der Waals surface area contributed by atoms with E-state index in [0.29, 0.717) is 0 Å². The number of aromatic nitrogens is 1. The molecule has 1 nitrogen and oxygen atoms in total. The lowest BCUT2D eigenvalue weighted by Gasteiger charge is -2.23. The molecule has 0 spiro atoms. The summed E-state index contributed by atoms with van der Waals surface area (Å²) in [6.45, 7) is 13.2. The van der Waals surface area contributed by atoms with E-state index in [1.165, 1.54) is 27.4 Å². The first kappa shape index (κ1) is 22.4. The Bertz CT molecular complexity index is 1510. The standard InChI is InChI=1S/C32H32FN/c1-31(2,3)26-13-10-14-28-30(26)25-17-15-21(19-29(25)34(28)23-11-8-7-9-12-23)24-18-16-22(33)20-27(24)32(4,5)6/h7-20H,1-6H3. The van der Waals surface area contributed by atoms with E-state index in [1.54, 1.807) is 12.1 Å². The largest absolute Gasteiger partial charge is 0.309 e. The highest BCUT2D eigenvalue weighted by molar-refractivity contribution is 6.12. The van der Waals surface area contributed by atoms with Gasteiger partial charge in [0, 0.05) is 16.5 Å². The lowest BCUT2D eigenvalue weighted by molar-refractivity contribution is 0.574. The van der Waals surface area contributed by atoms with E-state index in [2.05, 4.69) is 113 Å². The van der Waals surface area contributed by atoms with Crippen molar-refractivity contribution in [2.45, 2.75) is 52.4 Å². The molecule has 0 aliphatic rings. The van der Waals surface area contributed by atoms with Gasteiger partial charge in [-0.05, 0) is 69.5 Å². The van der Waals surface area contributed by atoms with Crippen LogP contribution in [-0.2, 0) is 10.8 Å². The van der Waals surface area contributed by atoms with Crippen molar-refractivity contribution in [1.82, 2.24) is 4.57 Å². The van der Waals surface area contributed by atoms with Gasteiger partial charge in [-0.3, -0.25) is 0 Å². The van der Waals surface area contributed by atoms with Crippen molar-refractivity contribution in [2.75, 3.05) is 0 Å². The molecule has 0 aliphatic heterocycles. The quantitative estimate of drug-likeness (QED) is 0.253. The summed E-state index contributed by atoms with van der Waals surface area (Å²) in [6, 6.07) is 29.1. The number of hydrogen-bond acceptors (Lipinski definition) is 0. The lowest BCUT2D eigenvalue weighted by atomic mass is 9.81. The molecular weight excluding hydrogens is 417 g/mol. The van der Waals surface area contributed by atoms with Crippen LogP contribution in [0, 0.1) is 5.82 Å². The van der Waals surface area contributed by atoms with E-state index in [1.807, 2.05) is 6.07 Å². The molecule has 0 bridgehead atoms. The number of nitrogens with zero attached hydrogens (tertiary/aromatic N) is 1. The Labute approximate surface area is 201 Å². The monoisotopic (exact) mass is 449 g/mol. The van der Waals surface area contributed by atoms with Gasteiger partial charge in [-0.15, -0.1) is 0 Å². The summed E-state index contributed by atoms with van der Waals surface area (Å²) in [5, 5.41) is 2.54. The van der Waals surface area contributed by atoms with Crippen LogP contribution in [0.1, 0.15) is 52.7 Å². The molecule has 172 valence electrons. The highest BCUT2D eigenvalue weighted by Gasteiger charge is 2.24. The van der Waals surface area contributed by atoms with Crippen molar-refractivity contribution in [2.24, 2.45) is 0 Å². The molecule has 1 heterocycles. The third kappa shape index (κ3) is 3.72. The molecule has 4 aromatic carbocycles. The molecule has 0 saturated heterocycles. The van der Waals surface area contributed by atoms with Gasteiger partial charge in [0.25, 0.3) is 0 Å². The fourth-order valence-corrected chi connectivity index (χ4v) is 5.10. The van der Waals surface area contributed by atoms with Crippen LogP contribution >= 0.6 is 0 Å². The average molecular weight is 450 g/mol. The number of hydrogen-bond donors (Lipinski definition) is 0. The molecule has 0 unspecified atom stereocenters. The number of benzene rings is 4. The predicted molar refractivity (Wildman–Crippen MR) is 144 cm³/mol. The number of rotatable bonds is 2. The van der Waals surface area contributed by atoms with Crippen molar-refractivity contribution in [3.63, 3.8) is 0 Å². The van der Waals surface area contributed by atoms with Gasteiger partial charge in [0.1, 0.15) is 5.82 Å². The van der Waals surface area contributed by atoms with E-state index in [9.17, 15) is 4.39 Å². The van der Waals surface area contributed by atoms with Crippen molar-refractivity contribution >= 4 is 21.8 Å². The fourth-order valence-electron chi connectivity index (χ4n) is 5.10. The van der Waals surface area contributed by atoms with Gasteiger partial charge in [-0.25, -0.2) is 4.39 Å². The number of fused-ring (bicyclic) bond motifs is 3. The Morgan fingerprint density at radius 2 is 1.32 bits per heavy atom. The minimum absolute atomic E-state index is 0.0182. The van der Waals surface area contributed by atoms with Crippen LogP contribution in [0.4, 0.5) is 4.39 Å². The number of para-hydroxylation sites is 1. The maximum atomic E-state index is 14.2. The summed E-state index contributed by atoms with van der Waals surface area (Å²) in [7, 11) is 0. The summed E-state index contributed by atoms with van der Waals surface area (Å²) >= 11 is 0. The summed E-state index contributed by atoms with van der Waals surface area (Å²) in [5.74, 6) is -0.192. The van der Waals surface area contributed by atoms with E-state index in [-0.39, 0.29) is 16.6 Å². The molecule has 0 saturated carbocycles. The zero-order chi connectivity index (χ0) is 24.3. The van der Waals surface area contributed by atoms with Gasteiger partial charge < -0.3 is 4.57 Å². The van der Waals surface area contributed by atoms with Crippen molar-refractivity contribution in [3.8, 4) is 16.8 Å². The molecule has 34 heavy (non-hydrogen) atoms. The molecule has 0 aliphatic carbocycles. The van der Waals surface area contributed by atoms with Gasteiger partial charge in [0.2, 0.25) is 0 Å². The Kier molecular flexibility index (Phi) is 5.16. The van der Waals surface area contributed by atoms with E-state index < -0.39 is 0 Å². The summed E-state index contributed by atoms with van der Waals surface area (Å²) in [5.41, 5.74) is 7.91. The molecule has 2 heteroatoms. The van der Waals surface area contributed by atoms with Crippen LogP contribution in [0.25, 0.3) is 38.6 Å². The molecule has 0 amide bonds. The van der Waals surface area contributed by atoms with Gasteiger partial charge in [-0.2, -0.15) is 0 Å². The molecular formula is C32H32FN. The Morgan fingerprint density at radius 3 is 2.00 bits per heavy atom. The minimum Gasteiger partial charge on any atom is -0.309 e. The zero-order valence-electron chi connectivity index (χ0n) is 20.9. The SMILES string of the molecule is CC(C)(C)c1cc(F)ccc1-c1ccc2c3c(C(C)(C)C)cccc3n(-c3ccccc3)c2c1. The van der Waals surface area contributed by atoms with Crippen LogP contribution in [-0.4, -0.2) is 4.57 Å². The Balaban J connectivity index is 1.90. The van der Waals surface area contributed by atoms with Crippen LogP contribution in [0.3, 0.4) is 0 Å². The van der Waals surface area contributed by atoms with Gasteiger partial charge >= 0.3 is 0 Å². The van der Waals surface area contributed by atoms with Crippen molar-refractivity contribution in [1.29, 1.82) is 0 Å². The normalized spacial score (nSPS) is 12.6. The third-order valence-corrected chi connectivity index (χ3v) is 6.71. The second-order valence-electron chi connectivity index (χ2n) is 11.3. The van der Waals surface area contributed by atoms with E-state index in [0.717, 1.165) is 22.4 Å². The minimum atomic E-state index is -0.192. The summed E-state index contributed by atoms with van der Waals surface area (Å²) in [4.78, 5) is 0. The Hall–Kier alpha value is -3.39. The first-order valence-corrected chi connectivity index (χ1v) is 12.0. The highest BCUT2D eigenvalue weighted by Crippen LogP contribution is 2.41. The maximum Gasteiger partial charge on any atom is 0.123 e.